The van der Waals surface area contributed by atoms with Crippen LogP contribution in [0.25, 0.3) is 0 Å². The molecular formula is C17H16Cl2O3. The highest BCUT2D eigenvalue weighted by Crippen LogP contribution is 2.37. The number of aliphatic hydroxyl groups excluding tert-OH is 1. The predicted molar refractivity (Wildman–Crippen MR) is 87.5 cm³/mol. The normalized spacial score (nSPS) is 12.0. The first-order chi connectivity index (χ1) is 10.5. The molecule has 0 unspecified atom stereocenters. The third-order valence-electron chi connectivity index (χ3n) is 3.10. The standard InChI is InChI=1S/C17H16Cl2O3/c1-11(20)7-16(21)14-8-13(18)9-15(19)17(14)22-10-12-5-3-2-4-6-12/h2-6,8-9,16,21H,7,10H2,1H3/t16-/m0/s1. The van der Waals surface area contributed by atoms with Crippen LogP contribution in [0.15, 0.2) is 42.5 Å². The highest BCUT2D eigenvalue weighted by atomic mass is 35.5. The van der Waals surface area contributed by atoms with Gasteiger partial charge in [0.25, 0.3) is 0 Å². The Labute approximate surface area is 139 Å². The molecule has 0 spiro atoms. The number of aliphatic hydroxyl groups is 1. The number of hydrogen-bond acceptors (Lipinski definition) is 3. The van der Waals surface area contributed by atoms with E-state index in [9.17, 15) is 9.90 Å². The summed E-state index contributed by atoms with van der Waals surface area (Å²) in [6, 6.07) is 12.7. The third-order valence-corrected chi connectivity index (χ3v) is 3.60. The topological polar surface area (TPSA) is 46.5 Å². The lowest BCUT2D eigenvalue weighted by molar-refractivity contribution is -0.118. The summed E-state index contributed by atoms with van der Waals surface area (Å²) in [6.45, 7) is 1.72. The fourth-order valence-electron chi connectivity index (χ4n) is 2.09. The van der Waals surface area contributed by atoms with Gasteiger partial charge in [0.05, 0.1) is 11.1 Å². The number of benzene rings is 2. The van der Waals surface area contributed by atoms with Crippen molar-refractivity contribution in [3.63, 3.8) is 0 Å². The minimum Gasteiger partial charge on any atom is -0.487 e. The highest BCUT2D eigenvalue weighted by Gasteiger charge is 2.19. The molecule has 0 bridgehead atoms. The first-order valence-corrected chi connectivity index (χ1v) is 7.56. The number of hydrogen-bond donors (Lipinski definition) is 1. The minimum absolute atomic E-state index is 0.0155. The lowest BCUT2D eigenvalue weighted by Crippen LogP contribution is -2.07. The van der Waals surface area contributed by atoms with E-state index in [2.05, 4.69) is 0 Å². The molecule has 0 aliphatic heterocycles. The first kappa shape index (κ1) is 16.8. The summed E-state index contributed by atoms with van der Waals surface area (Å²) in [4.78, 5) is 11.2. The molecule has 116 valence electrons. The van der Waals surface area contributed by atoms with Crippen molar-refractivity contribution >= 4 is 29.0 Å². The summed E-state index contributed by atoms with van der Waals surface area (Å²) in [5.74, 6) is 0.223. The van der Waals surface area contributed by atoms with Crippen LogP contribution >= 0.6 is 23.2 Å². The molecule has 1 N–H and O–H groups in total. The summed E-state index contributed by atoms with van der Waals surface area (Å²) < 4.78 is 5.75. The van der Waals surface area contributed by atoms with Crippen molar-refractivity contribution in [2.24, 2.45) is 0 Å². The van der Waals surface area contributed by atoms with E-state index in [1.807, 2.05) is 30.3 Å². The van der Waals surface area contributed by atoms with E-state index in [0.29, 0.717) is 28.0 Å². The van der Waals surface area contributed by atoms with E-state index in [1.54, 1.807) is 12.1 Å². The van der Waals surface area contributed by atoms with Crippen molar-refractivity contribution < 1.29 is 14.6 Å². The second-order valence-corrected chi connectivity index (χ2v) is 5.85. The number of ether oxygens (including phenoxy) is 1. The first-order valence-electron chi connectivity index (χ1n) is 6.80. The lowest BCUT2D eigenvalue weighted by Gasteiger charge is -2.17. The third kappa shape index (κ3) is 4.47. The zero-order valence-corrected chi connectivity index (χ0v) is 13.6. The number of rotatable bonds is 6. The zero-order valence-electron chi connectivity index (χ0n) is 12.1. The van der Waals surface area contributed by atoms with Crippen LogP contribution in [0.1, 0.15) is 30.6 Å². The van der Waals surface area contributed by atoms with Gasteiger partial charge < -0.3 is 9.84 Å². The molecule has 3 nitrogen and oxygen atoms in total. The Morgan fingerprint density at radius 2 is 1.91 bits per heavy atom. The lowest BCUT2D eigenvalue weighted by atomic mass is 10.0. The fourth-order valence-corrected chi connectivity index (χ4v) is 2.66. The van der Waals surface area contributed by atoms with Crippen molar-refractivity contribution in [1.82, 2.24) is 0 Å². The molecule has 0 aromatic heterocycles. The van der Waals surface area contributed by atoms with Crippen molar-refractivity contribution in [1.29, 1.82) is 0 Å². The Morgan fingerprint density at radius 3 is 2.55 bits per heavy atom. The van der Waals surface area contributed by atoms with E-state index in [4.69, 9.17) is 27.9 Å². The molecule has 0 fully saturated rings. The van der Waals surface area contributed by atoms with E-state index in [-0.39, 0.29) is 12.2 Å². The van der Waals surface area contributed by atoms with Gasteiger partial charge in [-0.3, -0.25) is 4.79 Å². The number of carbonyl (C=O) groups is 1. The summed E-state index contributed by atoms with van der Waals surface area (Å²) in [6.07, 6.45) is -1.02. The summed E-state index contributed by atoms with van der Waals surface area (Å²) in [5.41, 5.74) is 1.39. The molecule has 0 saturated heterocycles. The van der Waals surface area contributed by atoms with E-state index in [1.165, 1.54) is 6.92 Å². The quantitative estimate of drug-likeness (QED) is 0.838. The van der Waals surface area contributed by atoms with Crippen LogP contribution < -0.4 is 4.74 Å². The molecule has 0 amide bonds. The number of ketones is 1. The van der Waals surface area contributed by atoms with Crippen LogP contribution in [0.3, 0.4) is 0 Å². The van der Waals surface area contributed by atoms with Crippen LogP contribution in [0.5, 0.6) is 5.75 Å². The van der Waals surface area contributed by atoms with Crippen molar-refractivity contribution in [3.8, 4) is 5.75 Å². The van der Waals surface area contributed by atoms with Gasteiger partial charge >= 0.3 is 0 Å². The predicted octanol–water partition coefficient (Wildman–Crippen LogP) is 4.58. The fraction of sp³-hybridized carbons (Fsp3) is 0.235. The average molecular weight is 339 g/mol. The molecule has 22 heavy (non-hydrogen) atoms. The summed E-state index contributed by atoms with van der Waals surface area (Å²) in [7, 11) is 0. The molecule has 0 saturated carbocycles. The highest BCUT2D eigenvalue weighted by molar-refractivity contribution is 6.35. The Balaban J connectivity index is 2.26. The van der Waals surface area contributed by atoms with Crippen molar-refractivity contribution in [2.45, 2.75) is 26.1 Å². The van der Waals surface area contributed by atoms with E-state index in [0.717, 1.165) is 5.56 Å². The van der Waals surface area contributed by atoms with Gasteiger partial charge in [-0.25, -0.2) is 0 Å². The molecule has 0 radical (unpaired) electrons. The Kier molecular flexibility index (Phi) is 5.83. The number of Topliss-reactive ketones (excluding diaryl/α,β-unsaturated/α-hetero) is 1. The van der Waals surface area contributed by atoms with Crippen LogP contribution in [0, 0.1) is 0 Å². The van der Waals surface area contributed by atoms with Gasteiger partial charge in [-0.1, -0.05) is 53.5 Å². The van der Waals surface area contributed by atoms with E-state index >= 15 is 0 Å². The van der Waals surface area contributed by atoms with Gasteiger partial charge in [0.1, 0.15) is 18.1 Å². The number of carbonyl (C=O) groups excluding carboxylic acids is 1. The zero-order chi connectivity index (χ0) is 16.1. The second kappa shape index (κ2) is 7.63. The Hall–Kier alpha value is -1.55. The SMILES string of the molecule is CC(=O)C[C@H](O)c1cc(Cl)cc(Cl)c1OCc1ccccc1. The average Bonchev–Trinajstić information content (AvgIpc) is 2.46. The molecule has 0 heterocycles. The van der Waals surface area contributed by atoms with Gasteiger partial charge in [0.15, 0.2) is 0 Å². The van der Waals surface area contributed by atoms with Crippen LogP contribution in [-0.4, -0.2) is 10.9 Å². The molecular weight excluding hydrogens is 323 g/mol. The monoisotopic (exact) mass is 338 g/mol. The Bertz CT molecular complexity index is 656. The number of halogens is 2. The maximum absolute atomic E-state index is 11.2. The molecule has 0 aliphatic carbocycles. The van der Waals surface area contributed by atoms with Crippen LogP contribution in [-0.2, 0) is 11.4 Å². The minimum atomic E-state index is -1.00. The largest absolute Gasteiger partial charge is 0.487 e. The van der Waals surface area contributed by atoms with Crippen molar-refractivity contribution in [3.05, 3.63) is 63.6 Å². The van der Waals surface area contributed by atoms with E-state index < -0.39 is 6.10 Å². The van der Waals surface area contributed by atoms with Crippen LogP contribution in [0.4, 0.5) is 0 Å². The van der Waals surface area contributed by atoms with Gasteiger partial charge in [0, 0.05) is 17.0 Å². The van der Waals surface area contributed by atoms with Gasteiger partial charge in [0.2, 0.25) is 0 Å². The molecule has 1 atom stereocenters. The summed E-state index contributed by atoms with van der Waals surface area (Å²) in [5, 5.41) is 10.9. The molecule has 5 heteroatoms. The molecule has 0 aliphatic rings. The maximum Gasteiger partial charge on any atom is 0.144 e. The Morgan fingerprint density at radius 1 is 1.23 bits per heavy atom. The van der Waals surface area contributed by atoms with Crippen molar-refractivity contribution in [2.75, 3.05) is 0 Å². The molecule has 2 rings (SSSR count). The molecule has 2 aromatic carbocycles. The van der Waals surface area contributed by atoms with Crippen LogP contribution in [0.2, 0.25) is 10.0 Å². The maximum atomic E-state index is 11.2. The second-order valence-electron chi connectivity index (χ2n) is 5.00. The van der Waals surface area contributed by atoms with Gasteiger partial charge in [-0.2, -0.15) is 0 Å². The molecule has 2 aromatic rings. The van der Waals surface area contributed by atoms with Gasteiger partial charge in [-0.05, 0) is 24.6 Å². The van der Waals surface area contributed by atoms with Gasteiger partial charge in [-0.15, -0.1) is 0 Å². The summed E-state index contributed by atoms with van der Waals surface area (Å²) >= 11 is 12.2. The smallest absolute Gasteiger partial charge is 0.144 e.